The molecule has 1 aliphatic heterocycles. The molecule has 1 aliphatic rings. The molecule has 0 radical (unpaired) electrons. The second-order valence-corrected chi connectivity index (χ2v) is 5.32. The van der Waals surface area contributed by atoms with Gasteiger partial charge in [-0.15, -0.1) is 0 Å². The summed E-state index contributed by atoms with van der Waals surface area (Å²) in [6.45, 7) is 7.64. The molecule has 2 rings (SSSR count). The van der Waals surface area contributed by atoms with Crippen molar-refractivity contribution in [1.82, 2.24) is 20.0 Å². The minimum atomic E-state index is 0.452. The third-order valence-corrected chi connectivity index (χ3v) is 3.55. The van der Waals surface area contributed by atoms with Crippen molar-refractivity contribution in [3.05, 3.63) is 18.0 Å². The van der Waals surface area contributed by atoms with Gasteiger partial charge in [0.05, 0.1) is 6.20 Å². The number of nitrogens with one attached hydrogen (secondary N) is 1. The standard InChI is InChI=1S/C13H24N4/c1-11(2)17-10-12(8-15-17)9-16(3)13-4-6-14-7-5-13/h8,10-11,13-14H,4-7,9H2,1-3H3. The highest BCUT2D eigenvalue weighted by Gasteiger charge is 2.18. The number of nitrogens with zero attached hydrogens (tertiary/aromatic N) is 3. The highest BCUT2D eigenvalue weighted by Crippen LogP contribution is 2.14. The van der Waals surface area contributed by atoms with Crippen molar-refractivity contribution in [1.29, 1.82) is 0 Å². The summed E-state index contributed by atoms with van der Waals surface area (Å²) < 4.78 is 2.03. The highest BCUT2D eigenvalue weighted by atomic mass is 15.3. The lowest BCUT2D eigenvalue weighted by Crippen LogP contribution is -2.40. The quantitative estimate of drug-likeness (QED) is 0.863. The zero-order chi connectivity index (χ0) is 12.3. The molecule has 17 heavy (non-hydrogen) atoms. The van der Waals surface area contributed by atoms with Crippen LogP contribution in [0.1, 0.15) is 38.3 Å². The smallest absolute Gasteiger partial charge is 0.0534 e. The Morgan fingerprint density at radius 3 is 2.76 bits per heavy atom. The van der Waals surface area contributed by atoms with E-state index >= 15 is 0 Å². The fraction of sp³-hybridized carbons (Fsp3) is 0.769. The maximum atomic E-state index is 4.39. The van der Waals surface area contributed by atoms with Gasteiger partial charge in [-0.3, -0.25) is 9.58 Å². The summed E-state index contributed by atoms with van der Waals surface area (Å²) in [5, 5.41) is 7.80. The maximum absolute atomic E-state index is 4.39. The van der Waals surface area contributed by atoms with Crippen molar-refractivity contribution in [3.63, 3.8) is 0 Å². The molecule has 96 valence electrons. The van der Waals surface area contributed by atoms with E-state index < -0.39 is 0 Å². The lowest BCUT2D eigenvalue weighted by Gasteiger charge is -2.31. The average molecular weight is 236 g/mol. The molecule has 0 spiro atoms. The molecule has 1 aromatic heterocycles. The Balaban J connectivity index is 1.90. The van der Waals surface area contributed by atoms with Gasteiger partial charge in [-0.05, 0) is 46.8 Å². The van der Waals surface area contributed by atoms with Crippen molar-refractivity contribution in [2.45, 2.75) is 45.3 Å². The first-order chi connectivity index (χ1) is 8.16. The molecule has 1 fully saturated rings. The Bertz CT molecular complexity index is 339. The molecule has 0 aromatic carbocycles. The van der Waals surface area contributed by atoms with Gasteiger partial charge >= 0.3 is 0 Å². The van der Waals surface area contributed by atoms with Gasteiger partial charge in [0, 0.05) is 30.4 Å². The molecule has 4 heteroatoms. The van der Waals surface area contributed by atoms with Crippen LogP contribution in [-0.2, 0) is 6.54 Å². The normalized spacial score (nSPS) is 18.2. The first-order valence-corrected chi connectivity index (χ1v) is 6.61. The van der Waals surface area contributed by atoms with Gasteiger partial charge in [0.25, 0.3) is 0 Å². The summed E-state index contributed by atoms with van der Waals surface area (Å²) in [6.07, 6.45) is 6.68. The summed E-state index contributed by atoms with van der Waals surface area (Å²) >= 11 is 0. The van der Waals surface area contributed by atoms with Crippen LogP contribution in [0.2, 0.25) is 0 Å². The Labute approximate surface area is 104 Å². The highest BCUT2D eigenvalue weighted by molar-refractivity contribution is 5.04. The molecule has 0 amide bonds. The fourth-order valence-electron chi connectivity index (χ4n) is 2.41. The third-order valence-electron chi connectivity index (χ3n) is 3.55. The van der Waals surface area contributed by atoms with E-state index in [4.69, 9.17) is 0 Å². The lowest BCUT2D eigenvalue weighted by atomic mass is 10.1. The summed E-state index contributed by atoms with van der Waals surface area (Å²) in [6, 6.07) is 1.17. The van der Waals surface area contributed by atoms with Crippen LogP contribution in [0.3, 0.4) is 0 Å². The van der Waals surface area contributed by atoms with Crippen molar-refractivity contribution in [2.24, 2.45) is 0 Å². The number of hydrogen-bond donors (Lipinski definition) is 1. The average Bonchev–Trinajstić information content (AvgIpc) is 2.79. The van der Waals surface area contributed by atoms with E-state index in [0.29, 0.717) is 6.04 Å². The van der Waals surface area contributed by atoms with Gasteiger partial charge < -0.3 is 5.32 Å². The van der Waals surface area contributed by atoms with Crippen molar-refractivity contribution in [3.8, 4) is 0 Å². The van der Waals surface area contributed by atoms with Crippen molar-refractivity contribution >= 4 is 0 Å². The van der Waals surface area contributed by atoms with Crippen LogP contribution in [0.5, 0.6) is 0 Å². The van der Waals surface area contributed by atoms with Crippen LogP contribution in [0, 0.1) is 0 Å². The largest absolute Gasteiger partial charge is 0.317 e. The van der Waals surface area contributed by atoms with Crippen LogP contribution in [0.15, 0.2) is 12.4 Å². The van der Waals surface area contributed by atoms with E-state index in [0.717, 1.165) is 25.7 Å². The minimum absolute atomic E-state index is 0.452. The van der Waals surface area contributed by atoms with E-state index in [1.165, 1.54) is 18.4 Å². The summed E-state index contributed by atoms with van der Waals surface area (Å²) in [7, 11) is 2.22. The number of aromatic nitrogens is 2. The van der Waals surface area contributed by atoms with Crippen LogP contribution >= 0.6 is 0 Å². The molecular formula is C13H24N4. The molecule has 1 N–H and O–H groups in total. The van der Waals surface area contributed by atoms with E-state index in [1.54, 1.807) is 0 Å². The van der Waals surface area contributed by atoms with E-state index in [1.807, 2.05) is 10.9 Å². The Hall–Kier alpha value is -0.870. The van der Waals surface area contributed by atoms with Gasteiger partial charge in [-0.1, -0.05) is 0 Å². The molecule has 0 atom stereocenters. The van der Waals surface area contributed by atoms with Crippen LogP contribution in [0.4, 0.5) is 0 Å². The van der Waals surface area contributed by atoms with Crippen LogP contribution in [-0.4, -0.2) is 40.9 Å². The van der Waals surface area contributed by atoms with E-state index in [-0.39, 0.29) is 0 Å². The summed E-state index contributed by atoms with van der Waals surface area (Å²) in [5.41, 5.74) is 1.32. The van der Waals surface area contributed by atoms with Crippen molar-refractivity contribution < 1.29 is 0 Å². The first-order valence-electron chi connectivity index (χ1n) is 6.61. The second kappa shape index (κ2) is 5.65. The zero-order valence-corrected chi connectivity index (χ0v) is 11.2. The number of rotatable bonds is 4. The Kier molecular flexibility index (Phi) is 4.18. The van der Waals surface area contributed by atoms with Crippen LogP contribution < -0.4 is 5.32 Å². The van der Waals surface area contributed by atoms with Gasteiger partial charge in [0.1, 0.15) is 0 Å². The zero-order valence-electron chi connectivity index (χ0n) is 11.2. The molecule has 2 heterocycles. The minimum Gasteiger partial charge on any atom is -0.317 e. The number of hydrogen-bond acceptors (Lipinski definition) is 3. The molecule has 1 aromatic rings. The van der Waals surface area contributed by atoms with E-state index in [2.05, 4.69) is 42.4 Å². The third kappa shape index (κ3) is 3.30. The Morgan fingerprint density at radius 1 is 1.47 bits per heavy atom. The number of piperidine rings is 1. The summed E-state index contributed by atoms with van der Waals surface area (Å²) in [5.74, 6) is 0. The maximum Gasteiger partial charge on any atom is 0.0534 e. The lowest BCUT2D eigenvalue weighted by molar-refractivity contribution is 0.191. The molecule has 0 unspecified atom stereocenters. The van der Waals surface area contributed by atoms with Crippen LogP contribution in [0.25, 0.3) is 0 Å². The van der Waals surface area contributed by atoms with E-state index in [9.17, 15) is 0 Å². The molecular weight excluding hydrogens is 212 g/mol. The van der Waals surface area contributed by atoms with Crippen molar-refractivity contribution in [2.75, 3.05) is 20.1 Å². The molecule has 0 saturated carbocycles. The topological polar surface area (TPSA) is 33.1 Å². The summed E-state index contributed by atoms with van der Waals surface area (Å²) in [4.78, 5) is 2.46. The molecule has 0 bridgehead atoms. The molecule has 1 saturated heterocycles. The predicted octanol–water partition coefficient (Wildman–Crippen LogP) is 1.65. The predicted molar refractivity (Wildman–Crippen MR) is 70.0 cm³/mol. The van der Waals surface area contributed by atoms with Gasteiger partial charge in [-0.2, -0.15) is 5.10 Å². The van der Waals surface area contributed by atoms with Gasteiger partial charge in [0.15, 0.2) is 0 Å². The SMILES string of the molecule is CC(C)n1cc(CN(C)C2CCNCC2)cn1. The monoisotopic (exact) mass is 236 g/mol. The second-order valence-electron chi connectivity index (χ2n) is 5.32. The van der Waals surface area contributed by atoms with Gasteiger partial charge in [0.2, 0.25) is 0 Å². The fourth-order valence-corrected chi connectivity index (χ4v) is 2.41. The van der Waals surface area contributed by atoms with Gasteiger partial charge in [-0.25, -0.2) is 0 Å². The molecule has 4 nitrogen and oxygen atoms in total. The Morgan fingerprint density at radius 2 is 2.18 bits per heavy atom. The first kappa shape index (κ1) is 12.6. The molecule has 0 aliphatic carbocycles.